The highest BCUT2D eigenvalue weighted by molar-refractivity contribution is 14.0. The first kappa shape index (κ1) is 19.8. The van der Waals surface area contributed by atoms with Gasteiger partial charge in [0.15, 0.2) is 5.96 Å². The molecule has 0 bridgehead atoms. The minimum atomic E-state index is -0.479. The van der Waals surface area contributed by atoms with Crippen molar-refractivity contribution >= 4 is 35.8 Å². The zero-order valence-corrected chi connectivity index (χ0v) is 14.1. The summed E-state index contributed by atoms with van der Waals surface area (Å²) in [6.07, 6.45) is 0. The molecule has 0 heterocycles. The fraction of sp³-hybridized carbons (Fsp3) is 0.818. The molecule has 0 atom stereocenters. The van der Waals surface area contributed by atoms with Crippen molar-refractivity contribution < 1.29 is 9.53 Å². The van der Waals surface area contributed by atoms with Crippen LogP contribution in [-0.4, -0.2) is 52.8 Å². The van der Waals surface area contributed by atoms with Gasteiger partial charge in [-0.15, -0.1) is 24.0 Å². The third-order valence-corrected chi connectivity index (χ3v) is 2.36. The van der Waals surface area contributed by atoms with E-state index in [9.17, 15) is 4.79 Å². The molecular formula is C11H25IN4O2. The molecule has 0 saturated carbocycles. The van der Waals surface area contributed by atoms with Gasteiger partial charge in [0.05, 0.1) is 12.0 Å². The van der Waals surface area contributed by atoms with Gasteiger partial charge >= 0.3 is 0 Å². The van der Waals surface area contributed by atoms with Gasteiger partial charge in [-0.3, -0.25) is 9.79 Å². The van der Waals surface area contributed by atoms with Crippen molar-refractivity contribution in [2.45, 2.75) is 13.8 Å². The Hall–Kier alpha value is -0.570. The molecule has 0 rings (SSSR count). The average molecular weight is 372 g/mol. The lowest BCUT2D eigenvalue weighted by Gasteiger charge is -2.24. The maximum atomic E-state index is 11.6. The highest BCUT2D eigenvalue weighted by atomic mass is 127. The van der Waals surface area contributed by atoms with Crippen LogP contribution in [0.5, 0.6) is 0 Å². The molecule has 0 aromatic carbocycles. The van der Waals surface area contributed by atoms with E-state index in [2.05, 4.69) is 20.9 Å². The fourth-order valence-corrected chi connectivity index (χ4v) is 1.22. The first-order valence-electron chi connectivity index (χ1n) is 5.63. The zero-order chi connectivity index (χ0) is 13.3. The Morgan fingerprint density at radius 3 is 2.39 bits per heavy atom. The number of nitrogens with zero attached hydrogens (tertiary/aromatic N) is 1. The van der Waals surface area contributed by atoms with Gasteiger partial charge in [0.1, 0.15) is 0 Å². The minimum Gasteiger partial charge on any atom is -0.383 e. The summed E-state index contributed by atoms with van der Waals surface area (Å²) in [6, 6.07) is 0. The van der Waals surface area contributed by atoms with E-state index in [0.717, 1.165) is 0 Å². The van der Waals surface area contributed by atoms with Gasteiger partial charge in [0, 0.05) is 34.3 Å². The second-order valence-electron chi connectivity index (χ2n) is 4.31. The molecular weight excluding hydrogens is 347 g/mol. The number of hydrogen-bond donors (Lipinski definition) is 3. The predicted octanol–water partition coefficient (Wildman–Crippen LogP) is 0.188. The van der Waals surface area contributed by atoms with E-state index in [1.54, 1.807) is 21.2 Å². The van der Waals surface area contributed by atoms with Crippen LogP contribution in [0.15, 0.2) is 4.99 Å². The molecule has 0 aliphatic rings. The number of aliphatic imine (C=N–C) groups is 1. The number of halogens is 1. The highest BCUT2D eigenvalue weighted by Crippen LogP contribution is 2.12. The molecule has 0 aromatic heterocycles. The summed E-state index contributed by atoms with van der Waals surface area (Å²) in [6.45, 7) is 5.55. The summed E-state index contributed by atoms with van der Waals surface area (Å²) >= 11 is 0. The molecule has 0 aromatic rings. The van der Waals surface area contributed by atoms with Gasteiger partial charge in [0.25, 0.3) is 0 Å². The zero-order valence-electron chi connectivity index (χ0n) is 11.8. The molecule has 0 radical (unpaired) electrons. The lowest BCUT2D eigenvalue weighted by molar-refractivity contribution is -0.128. The largest absolute Gasteiger partial charge is 0.383 e. The Kier molecular flexibility index (Phi) is 11.4. The summed E-state index contributed by atoms with van der Waals surface area (Å²) < 4.78 is 4.93. The average Bonchev–Trinajstić information content (AvgIpc) is 2.32. The standard InChI is InChI=1S/C11H24N4O2.HI/c1-11(2,9(16)12-3)8-15-10(13-4)14-6-7-17-5;/h6-8H2,1-5H3,(H,12,16)(H2,13,14,15);1H. The number of methoxy groups -OCH3 is 1. The molecule has 0 fully saturated rings. The number of carbonyl (C=O) groups is 1. The number of hydrogen-bond acceptors (Lipinski definition) is 3. The van der Waals surface area contributed by atoms with Crippen LogP contribution in [-0.2, 0) is 9.53 Å². The Morgan fingerprint density at radius 1 is 1.33 bits per heavy atom. The van der Waals surface area contributed by atoms with Crippen LogP contribution in [0.3, 0.4) is 0 Å². The Bertz CT molecular complexity index is 270. The van der Waals surface area contributed by atoms with Gasteiger partial charge in [-0.05, 0) is 13.8 Å². The Labute approximate surface area is 126 Å². The van der Waals surface area contributed by atoms with Crippen molar-refractivity contribution in [3.63, 3.8) is 0 Å². The van der Waals surface area contributed by atoms with Crippen LogP contribution in [0.1, 0.15) is 13.8 Å². The molecule has 0 aliphatic heterocycles. The highest BCUT2D eigenvalue weighted by Gasteiger charge is 2.26. The predicted molar refractivity (Wildman–Crippen MR) is 84.5 cm³/mol. The molecule has 3 N–H and O–H groups in total. The van der Waals surface area contributed by atoms with Gasteiger partial charge < -0.3 is 20.7 Å². The van der Waals surface area contributed by atoms with E-state index in [4.69, 9.17) is 4.74 Å². The topological polar surface area (TPSA) is 74.8 Å². The second kappa shape index (κ2) is 10.4. The summed E-state index contributed by atoms with van der Waals surface area (Å²) in [4.78, 5) is 15.6. The van der Waals surface area contributed by atoms with Gasteiger partial charge in [-0.1, -0.05) is 0 Å². The SMILES string of the molecule is CN=C(NCCOC)NCC(C)(C)C(=O)NC.I. The van der Waals surface area contributed by atoms with Gasteiger partial charge in [-0.2, -0.15) is 0 Å². The maximum Gasteiger partial charge on any atom is 0.227 e. The van der Waals surface area contributed by atoms with E-state index in [-0.39, 0.29) is 29.9 Å². The van der Waals surface area contributed by atoms with Crippen molar-refractivity contribution in [3.05, 3.63) is 0 Å². The number of rotatable bonds is 6. The fourth-order valence-electron chi connectivity index (χ4n) is 1.22. The van der Waals surface area contributed by atoms with Crippen molar-refractivity contribution in [1.82, 2.24) is 16.0 Å². The first-order valence-corrected chi connectivity index (χ1v) is 5.63. The Balaban J connectivity index is 0. The molecule has 7 heteroatoms. The van der Waals surface area contributed by atoms with E-state index in [0.29, 0.717) is 25.7 Å². The molecule has 6 nitrogen and oxygen atoms in total. The monoisotopic (exact) mass is 372 g/mol. The van der Waals surface area contributed by atoms with Crippen molar-refractivity contribution in [2.24, 2.45) is 10.4 Å². The van der Waals surface area contributed by atoms with Crippen molar-refractivity contribution in [3.8, 4) is 0 Å². The van der Waals surface area contributed by atoms with Crippen LogP contribution in [0.2, 0.25) is 0 Å². The molecule has 18 heavy (non-hydrogen) atoms. The molecule has 0 unspecified atom stereocenters. The summed E-state index contributed by atoms with van der Waals surface area (Å²) in [7, 11) is 4.97. The van der Waals surface area contributed by atoms with E-state index in [1.165, 1.54) is 0 Å². The summed E-state index contributed by atoms with van der Waals surface area (Å²) in [5, 5.41) is 8.83. The van der Waals surface area contributed by atoms with E-state index >= 15 is 0 Å². The molecule has 0 spiro atoms. The van der Waals surface area contributed by atoms with Crippen LogP contribution < -0.4 is 16.0 Å². The number of amides is 1. The molecule has 1 amide bonds. The second-order valence-corrected chi connectivity index (χ2v) is 4.31. The van der Waals surface area contributed by atoms with Gasteiger partial charge in [0.2, 0.25) is 5.91 Å². The summed E-state index contributed by atoms with van der Waals surface area (Å²) in [5.41, 5.74) is -0.479. The van der Waals surface area contributed by atoms with Gasteiger partial charge in [-0.25, -0.2) is 0 Å². The van der Waals surface area contributed by atoms with Crippen LogP contribution in [0, 0.1) is 5.41 Å². The van der Waals surface area contributed by atoms with Crippen LogP contribution in [0.4, 0.5) is 0 Å². The number of nitrogens with one attached hydrogen (secondary N) is 3. The first-order chi connectivity index (χ1) is 7.97. The minimum absolute atomic E-state index is 0. The van der Waals surface area contributed by atoms with E-state index < -0.39 is 5.41 Å². The summed E-state index contributed by atoms with van der Waals surface area (Å²) in [5.74, 6) is 0.663. The van der Waals surface area contributed by atoms with Crippen molar-refractivity contribution in [2.75, 3.05) is 40.9 Å². The normalized spacial score (nSPS) is 11.5. The van der Waals surface area contributed by atoms with Crippen LogP contribution in [0.25, 0.3) is 0 Å². The van der Waals surface area contributed by atoms with E-state index in [1.807, 2.05) is 13.8 Å². The van der Waals surface area contributed by atoms with Crippen molar-refractivity contribution in [1.29, 1.82) is 0 Å². The molecule has 108 valence electrons. The number of carbonyl (C=O) groups excluding carboxylic acids is 1. The lowest BCUT2D eigenvalue weighted by Crippen LogP contribution is -2.47. The smallest absolute Gasteiger partial charge is 0.227 e. The van der Waals surface area contributed by atoms with Crippen LogP contribution >= 0.6 is 24.0 Å². The molecule has 0 saturated heterocycles. The molecule has 0 aliphatic carbocycles. The third kappa shape index (κ3) is 7.70. The quantitative estimate of drug-likeness (QED) is 0.269. The lowest BCUT2D eigenvalue weighted by atomic mass is 9.92. The maximum absolute atomic E-state index is 11.6. The Morgan fingerprint density at radius 2 is 1.94 bits per heavy atom. The third-order valence-electron chi connectivity index (χ3n) is 2.36. The number of ether oxygens (including phenoxy) is 1. The number of guanidine groups is 1.